The van der Waals surface area contributed by atoms with Crippen LogP contribution in [0, 0.1) is 6.92 Å². The molecule has 2 heteroatoms. The van der Waals surface area contributed by atoms with E-state index >= 15 is 0 Å². The van der Waals surface area contributed by atoms with Crippen molar-refractivity contribution < 1.29 is 4.74 Å². The fourth-order valence-corrected chi connectivity index (χ4v) is 1.51. The topological polar surface area (TPSA) is 21.3 Å². The number of hydrogen-bond donors (Lipinski definition) is 1. The van der Waals surface area contributed by atoms with E-state index in [-0.39, 0.29) is 5.60 Å². The highest BCUT2D eigenvalue weighted by molar-refractivity contribution is 5.59. The smallest absolute Gasteiger partial charge is 0.143 e. The fourth-order valence-electron chi connectivity index (χ4n) is 1.51. The average Bonchev–Trinajstić information content (AvgIpc) is 2.05. The summed E-state index contributed by atoms with van der Waals surface area (Å²) in [5.41, 5.74) is 2.27. The highest BCUT2D eigenvalue weighted by atomic mass is 16.5. The lowest BCUT2D eigenvalue weighted by Gasteiger charge is -2.33. The molecule has 0 radical (unpaired) electrons. The zero-order valence-corrected chi connectivity index (χ0v) is 8.35. The van der Waals surface area contributed by atoms with Crippen LogP contribution in [0.25, 0.3) is 0 Å². The van der Waals surface area contributed by atoms with E-state index < -0.39 is 0 Å². The second-order valence-corrected chi connectivity index (χ2v) is 4.21. The molecule has 1 aromatic carbocycles. The van der Waals surface area contributed by atoms with Crippen molar-refractivity contribution in [1.29, 1.82) is 0 Å². The first kappa shape index (κ1) is 8.42. The van der Waals surface area contributed by atoms with Crippen molar-refractivity contribution in [2.24, 2.45) is 0 Å². The molecule has 1 aliphatic heterocycles. The first-order chi connectivity index (χ1) is 6.07. The van der Waals surface area contributed by atoms with Crippen LogP contribution in [0.3, 0.4) is 0 Å². The third kappa shape index (κ3) is 1.62. The van der Waals surface area contributed by atoms with Crippen molar-refractivity contribution in [2.75, 3.05) is 11.9 Å². The monoisotopic (exact) mass is 177 g/mol. The zero-order valence-electron chi connectivity index (χ0n) is 8.35. The molecular weight excluding hydrogens is 162 g/mol. The molecule has 1 N–H and O–H groups in total. The SMILES string of the molecule is Cc1ccc2c(c1)NCC(C)(C)O2. The van der Waals surface area contributed by atoms with Gasteiger partial charge in [0, 0.05) is 0 Å². The third-order valence-corrected chi connectivity index (χ3v) is 2.23. The Kier molecular flexibility index (Phi) is 1.72. The molecule has 0 aliphatic carbocycles. The maximum absolute atomic E-state index is 5.81. The highest BCUT2D eigenvalue weighted by Gasteiger charge is 2.25. The van der Waals surface area contributed by atoms with Crippen molar-refractivity contribution in [2.45, 2.75) is 26.4 Å². The van der Waals surface area contributed by atoms with Crippen LogP contribution in [0.1, 0.15) is 19.4 Å². The van der Waals surface area contributed by atoms with Crippen LogP contribution in [-0.4, -0.2) is 12.1 Å². The Morgan fingerprint density at radius 2 is 2.15 bits per heavy atom. The lowest BCUT2D eigenvalue weighted by atomic mass is 10.1. The molecule has 0 atom stereocenters. The van der Waals surface area contributed by atoms with Gasteiger partial charge in [-0.2, -0.15) is 0 Å². The van der Waals surface area contributed by atoms with Crippen molar-refractivity contribution in [3.63, 3.8) is 0 Å². The van der Waals surface area contributed by atoms with E-state index in [0.717, 1.165) is 18.0 Å². The highest BCUT2D eigenvalue weighted by Crippen LogP contribution is 2.32. The average molecular weight is 177 g/mol. The summed E-state index contributed by atoms with van der Waals surface area (Å²) in [6.45, 7) is 7.12. The number of ether oxygens (including phenoxy) is 1. The van der Waals surface area contributed by atoms with Gasteiger partial charge in [0.25, 0.3) is 0 Å². The molecule has 0 spiro atoms. The molecule has 0 saturated carbocycles. The number of aryl methyl sites for hydroxylation is 1. The normalized spacial score (nSPS) is 18.4. The largest absolute Gasteiger partial charge is 0.484 e. The molecule has 0 unspecified atom stereocenters. The molecule has 13 heavy (non-hydrogen) atoms. The van der Waals surface area contributed by atoms with E-state index in [1.165, 1.54) is 5.56 Å². The third-order valence-electron chi connectivity index (χ3n) is 2.23. The predicted molar refractivity (Wildman–Crippen MR) is 54.4 cm³/mol. The second kappa shape index (κ2) is 2.66. The van der Waals surface area contributed by atoms with Crippen LogP contribution in [0.4, 0.5) is 5.69 Å². The van der Waals surface area contributed by atoms with E-state index in [2.05, 4.69) is 38.2 Å². The molecule has 2 nitrogen and oxygen atoms in total. The number of fused-ring (bicyclic) bond motifs is 1. The minimum absolute atomic E-state index is 0.0950. The molecule has 0 saturated heterocycles. The Bertz CT molecular complexity index is 331. The van der Waals surface area contributed by atoms with Crippen molar-refractivity contribution in [3.8, 4) is 5.75 Å². The minimum Gasteiger partial charge on any atom is -0.484 e. The molecule has 2 rings (SSSR count). The zero-order chi connectivity index (χ0) is 9.47. The van der Waals surface area contributed by atoms with Gasteiger partial charge in [-0.1, -0.05) is 6.07 Å². The summed E-state index contributed by atoms with van der Waals surface area (Å²) in [6.07, 6.45) is 0. The molecular formula is C11H15NO. The molecule has 0 aromatic heterocycles. The van der Waals surface area contributed by atoms with Crippen LogP contribution >= 0.6 is 0 Å². The number of rotatable bonds is 0. The van der Waals surface area contributed by atoms with Gasteiger partial charge in [-0.3, -0.25) is 0 Å². The first-order valence-electron chi connectivity index (χ1n) is 4.60. The minimum atomic E-state index is -0.0950. The molecule has 0 fully saturated rings. The van der Waals surface area contributed by atoms with Gasteiger partial charge in [0.15, 0.2) is 0 Å². The summed E-state index contributed by atoms with van der Waals surface area (Å²) in [7, 11) is 0. The van der Waals surface area contributed by atoms with Crippen LogP contribution in [0.2, 0.25) is 0 Å². The van der Waals surface area contributed by atoms with Crippen molar-refractivity contribution in [1.82, 2.24) is 0 Å². The summed E-state index contributed by atoms with van der Waals surface area (Å²) in [6, 6.07) is 6.21. The van der Waals surface area contributed by atoms with Gasteiger partial charge < -0.3 is 10.1 Å². The molecule has 1 aliphatic rings. The van der Waals surface area contributed by atoms with E-state index in [1.54, 1.807) is 0 Å². The molecule has 1 heterocycles. The lowest BCUT2D eigenvalue weighted by molar-refractivity contribution is 0.116. The Morgan fingerprint density at radius 1 is 1.38 bits per heavy atom. The van der Waals surface area contributed by atoms with Gasteiger partial charge in [-0.25, -0.2) is 0 Å². The fraction of sp³-hybridized carbons (Fsp3) is 0.455. The van der Waals surface area contributed by atoms with Gasteiger partial charge in [0.2, 0.25) is 0 Å². The van der Waals surface area contributed by atoms with Crippen LogP contribution in [0.15, 0.2) is 18.2 Å². The summed E-state index contributed by atoms with van der Waals surface area (Å²) in [5, 5.41) is 3.37. The summed E-state index contributed by atoms with van der Waals surface area (Å²) in [4.78, 5) is 0. The van der Waals surface area contributed by atoms with Crippen molar-refractivity contribution in [3.05, 3.63) is 23.8 Å². The Hall–Kier alpha value is -1.18. The molecule has 0 bridgehead atoms. The predicted octanol–water partition coefficient (Wildman–Crippen LogP) is 2.58. The van der Waals surface area contributed by atoms with Gasteiger partial charge in [-0.15, -0.1) is 0 Å². The molecule has 0 amide bonds. The van der Waals surface area contributed by atoms with Crippen LogP contribution in [-0.2, 0) is 0 Å². The lowest BCUT2D eigenvalue weighted by Crippen LogP contribution is -2.39. The van der Waals surface area contributed by atoms with Crippen molar-refractivity contribution >= 4 is 5.69 Å². The maximum atomic E-state index is 5.81. The van der Waals surface area contributed by atoms with E-state index in [1.807, 2.05) is 6.07 Å². The van der Waals surface area contributed by atoms with E-state index in [4.69, 9.17) is 4.74 Å². The number of hydrogen-bond acceptors (Lipinski definition) is 2. The number of benzene rings is 1. The molecule has 1 aromatic rings. The summed E-state index contributed by atoms with van der Waals surface area (Å²) < 4.78 is 5.81. The van der Waals surface area contributed by atoms with E-state index in [0.29, 0.717) is 0 Å². The Balaban J connectivity index is 2.37. The maximum Gasteiger partial charge on any atom is 0.143 e. The molecule has 70 valence electrons. The van der Waals surface area contributed by atoms with E-state index in [9.17, 15) is 0 Å². The second-order valence-electron chi connectivity index (χ2n) is 4.21. The first-order valence-corrected chi connectivity index (χ1v) is 4.60. The Labute approximate surface area is 78.9 Å². The summed E-state index contributed by atoms with van der Waals surface area (Å²) >= 11 is 0. The summed E-state index contributed by atoms with van der Waals surface area (Å²) in [5.74, 6) is 0.960. The van der Waals surface area contributed by atoms with Gasteiger partial charge in [0.05, 0.1) is 12.2 Å². The quantitative estimate of drug-likeness (QED) is 0.657. The van der Waals surface area contributed by atoms with Crippen LogP contribution in [0.5, 0.6) is 5.75 Å². The van der Waals surface area contributed by atoms with Gasteiger partial charge in [-0.05, 0) is 38.5 Å². The van der Waals surface area contributed by atoms with Gasteiger partial charge >= 0.3 is 0 Å². The Morgan fingerprint density at radius 3 is 2.92 bits per heavy atom. The number of anilines is 1. The van der Waals surface area contributed by atoms with Gasteiger partial charge in [0.1, 0.15) is 11.4 Å². The number of nitrogens with one attached hydrogen (secondary N) is 1. The van der Waals surface area contributed by atoms with Crippen LogP contribution < -0.4 is 10.1 Å². The standard InChI is InChI=1S/C11H15NO/c1-8-4-5-10-9(6-8)12-7-11(2,3)13-10/h4-6,12H,7H2,1-3H3.